The molecule has 0 aromatic heterocycles. The lowest BCUT2D eigenvalue weighted by molar-refractivity contribution is -0.120. The summed E-state index contributed by atoms with van der Waals surface area (Å²) in [4.78, 5) is 24.1. The van der Waals surface area contributed by atoms with Gasteiger partial charge in [-0.3, -0.25) is 4.79 Å². The molecular weight excluding hydrogens is 340 g/mol. The number of halogens is 2. The molecule has 1 saturated heterocycles. The van der Waals surface area contributed by atoms with Crippen LogP contribution >= 0.6 is 0 Å². The van der Waals surface area contributed by atoms with E-state index >= 15 is 0 Å². The van der Waals surface area contributed by atoms with Crippen LogP contribution in [-0.4, -0.2) is 31.4 Å². The number of ketones is 1. The summed E-state index contributed by atoms with van der Waals surface area (Å²) in [6.45, 7) is 0.689. The summed E-state index contributed by atoms with van der Waals surface area (Å²) in [5.74, 6) is -2.86. The molecule has 4 nitrogen and oxygen atoms in total. The number of Topliss-reactive ketones (excluding diaryl/α,β-unsaturated/α-hetero) is 1. The van der Waals surface area contributed by atoms with Gasteiger partial charge >= 0.3 is 5.97 Å². The topological polar surface area (TPSA) is 55.4 Å². The largest absolute Gasteiger partial charge is 0.465 e. The Morgan fingerprint density at radius 3 is 2.58 bits per heavy atom. The maximum Gasteiger partial charge on any atom is 0.340 e. The fourth-order valence-electron chi connectivity index (χ4n) is 3.39. The quantitative estimate of drug-likeness (QED) is 0.834. The Labute approximate surface area is 150 Å². The molecule has 0 bridgehead atoms. The van der Waals surface area contributed by atoms with Crippen LogP contribution in [0.2, 0.25) is 0 Å². The van der Waals surface area contributed by atoms with Crippen molar-refractivity contribution < 1.29 is 23.1 Å². The molecule has 1 fully saturated rings. The van der Waals surface area contributed by atoms with Gasteiger partial charge in [-0.15, -0.1) is 0 Å². The first-order valence-electron chi connectivity index (χ1n) is 8.38. The van der Waals surface area contributed by atoms with E-state index in [2.05, 4.69) is 10.1 Å². The number of hydrogen-bond acceptors (Lipinski definition) is 4. The van der Waals surface area contributed by atoms with E-state index in [1.165, 1.54) is 0 Å². The van der Waals surface area contributed by atoms with Crippen LogP contribution in [0.5, 0.6) is 0 Å². The molecule has 0 spiro atoms. The Hall–Kier alpha value is -2.60. The van der Waals surface area contributed by atoms with E-state index < -0.39 is 29.2 Å². The highest BCUT2D eigenvalue weighted by Gasteiger charge is 2.33. The summed E-state index contributed by atoms with van der Waals surface area (Å²) >= 11 is 0. The minimum absolute atomic E-state index is 0.00551. The van der Waals surface area contributed by atoms with Crippen LogP contribution in [0.25, 0.3) is 0 Å². The van der Waals surface area contributed by atoms with Gasteiger partial charge in [-0.2, -0.15) is 0 Å². The molecule has 0 amide bonds. The SMILES string of the molecule is COC(=O)c1cc(F)c(CC(=O)[C@H]2NCC[C@@H]2c2ccccc2)cc1F. The molecule has 0 radical (unpaired) electrons. The molecule has 0 aliphatic carbocycles. The highest BCUT2D eigenvalue weighted by molar-refractivity contribution is 5.90. The minimum atomic E-state index is -0.958. The highest BCUT2D eigenvalue weighted by atomic mass is 19.1. The Morgan fingerprint density at radius 2 is 1.88 bits per heavy atom. The van der Waals surface area contributed by atoms with Crippen molar-refractivity contribution in [3.63, 3.8) is 0 Å². The van der Waals surface area contributed by atoms with E-state index in [-0.39, 0.29) is 23.7 Å². The first-order valence-corrected chi connectivity index (χ1v) is 8.38. The van der Waals surface area contributed by atoms with Gasteiger partial charge in [0.25, 0.3) is 0 Å². The van der Waals surface area contributed by atoms with Crippen LogP contribution in [0.1, 0.15) is 33.8 Å². The normalized spacial score (nSPS) is 19.3. The Morgan fingerprint density at radius 1 is 1.15 bits per heavy atom. The molecule has 1 aliphatic rings. The molecule has 26 heavy (non-hydrogen) atoms. The molecule has 0 saturated carbocycles. The van der Waals surface area contributed by atoms with Crippen LogP contribution in [0.4, 0.5) is 8.78 Å². The van der Waals surface area contributed by atoms with E-state index in [0.29, 0.717) is 6.54 Å². The molecule has 2 aromatic rings. The smallest absolute Gasteiger partial charge is 0.340 e. The standard InChI is InChI=1S/C20H19F2NO3/c1-26-20(25)15-11-16(21)13(9-17(15)22)10-18(24)19-14(7-8-23-19)12-5-3-2-4-6-12/h2-6,9,11,14,19,23H,7-8,10H2,1H3/t14-,19+/m1/s1. The number of carbonyl (C=O) groups is 2. The molecule has 2 atom stereocenters. The van der Waals surface area contributed by atoms with Gasteiger partial charge in [-0.25, -0.2) is 13.6 Å². The maximum atomic E-state index is 14.2. The number of esters is 1. The number of ether oxygens (including phenoxy) is 1. The molecule has 3 rings (SSSR count). The first-order chi connectivity index (χ1) is 12.5. The summed E-state index contributed by atoms with van der Waals surface area (Å²) in [7, 11) is 1.09. The summed E-state index contributed by atoms with van der Waals surface area (Å²) in [5, 5.41) is 3.16. The molecule has 1 N–H and O–H groups in total. The van der Waals surface area contributed by atoms with E-state index in [1.54, 1.807) is 0 Å². The Balaban J connectivity index is 1.79. The third kappa shape index (κ3) is 3.65. The molecule has 6 heteroatoms. The van der Waals surface area contributed by atoms with Crippen molar-refractivity contribution in [2.24, 2.45) is 0 Å². The van der Waals surface area contributed by atoms with E-state index in [9.17, 15) is 18.4 Å². The predicted octanol–water partition coefficient (Wildman–Crippen LogP) is 3.01. The predicted molar refractivity (Wildman–Crippen MR) is 92.0 cm³/mol. The van der Waals surface area contributed by atoms with Crippen molar-refractivity contribution in [1.82, 2.24) is 5.32 Å². The van der Waals surface area contributed by atoms with Crippen LogP contribution in [0.3, 0.4) is 0 Å². The van der Waals surface area contributed by atoms with E-state index in [0.717, 1.165) is 31.2 Å². The van der Waals surface area contributed by atoms with Crippen molar-refractivity contribution in [2.45, 2.75) is 24.8 Å². The van der Waals surface area contributed by atoms with Gasteiger partial charge in [0.1, 0.15) is 11.6 Å². The van der Waals surface area contributed by atoms with Gasteiger partial charge < -0.3 is 10.1 Å². The van der Waals surface area contributed by atoms with Gasteiger partial charge in [0.2, 0.25) is 0 Å². The van der Waals surface area contributed by atoms with Crippen molar-refractivity contribution >= 4 is 11.8 Å². The van der Waals surface area contributed by atoms with Crippen molar-refractivity contribution in [3.05, 3.63) is 70.8 Å². The maximum absolute atomic E-state index is 14.2. The Kier molecular flexibility index (Phi) is 5.42. The summed E-state index contributed by atoms with van der Waals surface area (Å²) in [5.41, 5.74) is 0.492. The number of rotatable bonds is 5. The van der Waals surface area contributed by atoms with Crippen LogP contribution < -0.4 is 5.32 Å². The molecule has 1 heterocycles. The number of carbonyl (C=O) groups excluding carboxylic acids is 2. The highest BCUT2D eigenvalue weighted by Crippen LogP contribution is 2.29. The summed E-state index contributed by atoms with van der Waals surface area (Å²) < 4.78 is 32.7. The summed E-state index contributed by atoms with van der Waals surface area (Å²) in [6.07, 6.45) is 0.559. The summed E-state index contributed by atoms with van der Waals surface area (Å²) in [6, 6.07) is 10.9. The second-order valence-electron chi connectivity index (χ2n) is 6.30. The van der Waals surface area contributed by atoms with Crippen LogP contribution in [0.15, 0.2) is 42.5 Å². The molecular formula is C20H19F2NO3. The average molecular weight is 359 g/mol. The third-order valence-electron chi connectivity index (χ3n) is 4.70. The zero-order chi connectivity index (χ0) is 18.7. The number of methoxy groups -OCH3 is 1. The van der Waals surface area contributed by atoms with E-state index in [4.69, 9.17) is 0 Å². The van der Waals surface area contributed by atoms with Crippen LogP contribution in [-0.2, 0) is 16.0 Å². The second-order valence-corrected chi connectivity index (χ2v) is 6.30. The van der Waals surface area contributed by atoms with Crippen molar-refractivity contribution in [2.75, 3.05) is 13.7 Å². The lowest BCUT2D eigenvalue weighted by atomic mass is 9.88. The van der Waals surface area contributed by atoms with Gasteiger partial charge in [-0.1, -0.05) is 30.3 Å². The number of nitrogens with one attached hydrogen (secondary N) is 1. The molecule has 0 unspecified atom stereocenters. The molecule has 1 aliphatic heterocycles. The zero-order valence-corrected chi connectivity index (χ0v) is 14.3. The monoisotopic (exact) mass is 359 g/mol. The zero-order valence-electron chi connectivity index (χ0n) is 14.3. The molecule has 136 valence electrons. The van der Waals surface area contributed by atoms with E-state index in [1.807, 2.05) is 30.3 Å². The van der Waals surface area contributed by atoms with Gasteiger partial charge in [-0.05, 0) is 36.2 Å². The fourth-order valence-corrected chi connectivity index (χ4v) is 3.39. The Bertz CT molecular complexity index is 823. The van der Waals surface area contributed by atoms with Crippen molar-refractivity contribution in [3.8, 4) is 0 Å². The van der Waals surface area contributed by atoms with Gasteiger partial charge in [0.05, 0.1) is 18.7 Å². The first kappa shape index (κ1) is 18.2. The minimum Gasteiger partial charge on any atom is -0.465 e. The third-order valence-corrected chi connectivity index (χ3v) is 4.70. The fraction of sp³-hybridized carbons (Fsp3) is 0.300. The lowest BCUT2D eigenvalue weighted by Gasteiger charge is -2.19. The van der Waals surface area contributed by atoms with Crippen LogP contribution in [0, 0.1) is 11.6 Å². The van der Waals surface area contributed by atoms with Gasteiger partial charge in [0.15, 0.2) is 5.78 Å². The lowest BCUT2D eigenvalue weighted by Crippen LogP contribution is -2.36. The number of hydrogen-bond donors (Lipinski definition) is 1. The number of benzene rings is 2. The van der Waals surface area contributed by atoms with Gasteiger partial charge in [0, 0.05) is 12.3 Å². The molecule has 2 aromatic carbocycles. The second kappa shape index (κ2) is 7.74. The average Bonchev–Trinajstić information content (AvgIpc) is 3.14. The van der Waals surface area contributed by atoms with Crippen molar-refractivity contribution in [1.29, 1.82) is 0 Å².